The van der Waals surface area contributed by atoms with Crippen molar-refractivity contribution in [1.29, 1.82) is 0 Å². The van der Waals surface area contributed by atoms with Crippen LogP contribution in [0.2, 0.25) is 0 Å². The lowest BCUT2D eigenvalue weighted by Crippen LogP contribution is -2.42. The molecule has 0 radical (unpaired) electrons. The van der Waals surface area contributed by atoms with Gasteiger partial charge >= 0.3 is 22.8 Å². The van der Waals surface area contributed by atoms with Crippen molar-refractivity contribution in [3.8, 4) is 0 Å². The largest absolute Gasteiger partial charge is 0.780 e. The third-order valence-electron chi connectivity index (χ3n) is 23.4. The van der Waals surface area contributed by atoms with E-state index in [1.807, 2.05) is 0 Å². The Hall–Kier alpha value is -7.68. The van der Waals surface area contributed by atoms with Gasteiger partial charge in [0.1, 0.15) is 135 Å². The summed E-state index contributed by atoms with van der Waals surface area (Å²) in [5.41, 5.74) is 17.6. The van der Waals surface area contributed by atoms with Crippen molar-refractivity contribution < 1.29 is 159 Å². The maximum atomic E-state index is 15.6. The molecule has 8 aromatic rings. The van der Waals surface area contributed by atoms with E-state index in [1.165, 1.54) is 66.4 Å². The number of hydrogen-bond donors (Lipinski definition) is 8. The van der Waals surface area contributed by atoms with Gasteiger partial charge in [0.05, 0.1) is 124 Å². The second-order valence-electron chi connectivity index (χ2n) is 33.2. The lowest BCUT2D eigenvalue weighted by molar-refractivity contribution is -0.241. The maximum Gasteiger partial charge on any atom is 0.351 e. The zero-order valence-corrected chi connectivity index (χ0v) is 85.6. The number of aromatic nitrogens is 16. The van der Waals surface area contributed by atoms with Crippen LogP contribution in [-0.4, -0.2) is 321 Å². The number of phosphoric ester groups is 2. The van der Waals surface area contributed by atoms with Crippen LogP contribution >= 0.6 is 35.9 Å². The number of methoxy groups -OCH3 is 5. The van der Waals surface area contributed by atoms with Gasteiger partial charge in [-0.1, -0.05) is 30.5 Å². The number of aliphatic hydroxyl groups excluding tert-OH is 1. The number of aromatic amines is 3. The van der Waals surface area contributed by atoms with Gasteiger partial charge in [-0.25, -0.2) is 39.1 Å². The summed E-state index contributed by atoms with van der Waals surface area (Å²) in [5.74, 6) is -0.761. The Morgan fingerprint density at radius 2 is 0.807 bits per heavy atom. The molecular weight excluding hydrogens is 2100 g/mol. The Labute approximate surface area is 835 Å². The van der Waals surface area contributed by atoms with Gasteiger partial charge in [0.15, 0.2) is 60.6 Å². The molecule has 0 amide bonds. The number of nitrogen functional groups attached to an aromatic ring is 4. The van der Waals surface area contributed by atoms with E-state index in [1.54, 1.807) is 20.8 Å². The van der Waals surface area contributed by atoms with E-state index >= 15 is 23.5 Å². The van der Waals surface area contributed by atoms with E-state index in [4.69, 9.17) is 180 Å². The highest BCUT2D eigenvalue weighted by Crippen LogP contribution is 2.57. The van der Waals surface area contributed by atoms with Crippen molar-refractivity contribution in [2.24, 2.45) is 0 Å². The first kappa shape index (κ1) is 113. The van der Waals surface area contributed by atoms with Crippen LogP contribution in [0.3, 0.4) is 0 Å². The summed E-state index contributed by atoms with van der Waals surface area (Å²) >= 11 is 16.6. The van der Waals surface area contributed by atoms with Gasteiger partial charge in [-0.05, 0) is 34.1 Å². The number of fused-ring (bicyclic) bond motifs is 2. The number of anilines is 4. The maximum absolute atomic E-state index is 15.6. The highest BCUT2D eigenvalue weighted by molar-refractivity contribution is 8.32. The lowest BCUT2D eigenvalue weighted by atomic mass is 10.1. The molecule has 804 valence electrons. The van der Waals surface area contributed by atoms with E-state index in [0.29, 0.717) is 11.1 Å². The topological polar surface area (TPSA) is 794 Å². The SMILES string of the molecule is CC[C@H]1O[C@@H](n2cc(C)c(N)nc2=O)C[C@H]1OP([O-])(=S)OC[C@H]1O[C@@H](n2cc(C)c(=O)[nH]c2=O)C(OCCOC)[C@H]1OP(=O)([O-])OC[C@H]1O[C@@H](n2cnc3c(N)ncnc32)C(OCCOC)[C@H]1OP(=O)([O-])OC[C@H]1O[C@@H](n2cnc3c(=O)[nH]c(N)nc32)C(OCCOC)[C@H]1OP(=O)([S-])OC[C@H]1O[C@@H](n2cc(C)c(=O)[nH]c2=O)C(OCCOC)[C@H]1OP([O-])(=S)OC[C@H]1O[C@@H](n2cc(C)c(N)nc2=O)C(OCCOC)[C@H]1O. The standard InChI is InChI=1S/C76H111N20O41P5S3/c1-11-39-40(22-46(127-39)91-23-35(2)59(77)85-73(91)101)133-140(109,143)125-30-44-51(55(118-18-13-113-7)68(129-44)93-25-37(4)64(98)89-75(93)103)135-138(105,106)122-28-42-50(56(119-19-14-114-8)70(131-42)95-33-83-47-61(79)81-32-82-62(47)95)134-139(107,108)123-29-43-52(58(121-21-16-116-10)71(132-43)96-34-84-48-63(96)87-72(80)88-66(48)100)136-142(111,145)126-31-45-53(57(120-20-15-115-9)69(130-45)94-26-38(5)65(99)90-76(94)104)137-141(110,144)124-27-41-49(97)54(117-17-12-112-6)67(128-41)92-24-36(3)60(78)86-74(92)102/h23-26,32-34,39-46,49-58,67-71,97H,11-22,27-31H2,1-10H3,(H,105,106)(H,107,108)(H,109,143)(H,110,144)(H,111,145)(H2,77,85,101)(H2,78,86,102)(H2,79,81,82)(H,89,98,103)(H,90,99,104)(H3,80,87,88,100)/p-5/t39-,40-,41-,42-,43-,44-,45-,46-,49+,50+,51+,52+,53+,54?,55?,56?,57?,58?,67-,68-,69-,70-,71-,140?,141?,142?/m1/s1. The van der Waals surface area contributed by atoms with Crippen LogP contribution in [0.1, 0.15) is 79.4 Å². The minimum atomic E-state index is -6.22. The monoisotopic (exact) mass is 2210 g/mol. The third kappa shape index (κ3) is 26.9. The fourth-order valence-corrected chi connectivity index (χ4v) is 22.6. The number of phosphoric acid groups is 2. The first-order valence-electron chi connectivity index (χ1n) is 44.2. The van der Waals surface area contributed by atoms with Crippen molar-refractivity contribution in [2.75, 3.05) is 158 Å². The second kappa shape index (κ2) is 48.7. The Balaban J connectivity index is 0.765. The number of ether oxygens (including phenoxy) is 16. The van der Waals surface area contributed by atoms with Gasteiger partial charge in [0, 0.05) is 89.0 Å². The Morgan fingerprint density at radius 1 is 0.421 bits per heavy atom. The van der Waals surface area contributed by atoms with E-state index in [2.05, 4.69) is 49.8 Å². The minimum Gasteiger partial charge on any atom is -0.780 e. The quantitative estimate of drug-likeness (QED) is 0.0101. The highest BCUT2D eigenvalue weighted by Gasteiger charge is 2.57. The lowest BCUT2D eigenvalue weighted by Gasteiger charge is -2.36. The van der Waals surface area contributed by atoms with Crippen LogP contribution in [0.25, 0.3) is 22.3 Å². The van der Waals surface area contributed by atoms with Gasteiger partial charge in [0.25, 0.3) is 32.3 Å². The molecule has 28 atom stereocenters. The van der Waals surface area contributed by atoms with Gasteiger partial charge < -0.3 is 181 Å². The first-order valence-corrected chi connectivity index (χ1v) is 54.8. The van der Waals surface area contributed by atoms with Gasteiger partial charge in [0.2, 0.25) is 5.95 Å². The number of H-pyrrole nitrogens is 3. The average Bonchev–Trinajstić information content (AvgIpc) is 1.60. The number of nitrogens with two attached hydrogens (primary N) is 4. The molecule has 6 saturated heterocycles. The number of hydrogen-bond acceptors (Lipinski definition) is 55. The molecule has 69 heteroatoms. The van der Waals surface area contributed by atoms with Crippen molar-refractivity contribution in [3.05, 3.63) is 139 Å². The summed E-state index contributed by atoms with van der Waals surface area (Å²) in [7, 11) is -5.77. The number of aliphatic hydroxyl groups is 1. The third-order valence-corrected chi connectivity index (χ3v) is 30.0. The molecule has 12 N–H and O–H groups in total. The normalized spacial score (nSPS) is 29.2. The van der Waals surface area contributed by atoms with Crippen LogP contribution in [0.15, 0.2) is 77.3 Å². The Kier molecular flexibility index (Phi) is 38.0. The van der Waals surface area contributed by atoms with Gasteiger partial charge in [-0.3, -0.25) is 70.4 Å². The number of rotatable bonds is 52. The Morgan fingerprint density at radius 3 is 1.28 bits per heavy atom. The van der Waals surface area contributed by atoms with E-state index in [0.717, 1.165) is 54.2 Å². The number of aryl methyl sites for hydroxylation is 4. The first-order chi connectivity index (χ1) is 68.9. The second-order valence-corrected chi connectivity index (χ2v) is 44.0. The summed E-state index contributed by atoms with van der Waals surface area (Å²) in [6.45, 7) is -16.0. The summed E-state index contributed by atoms with van der Waals surface area (Å²) in [4.78, 5) is 189. The fourth-order valence-electron chi connectivity index (χ4n) is 16.4. The number of nitrogens with zero attached hydrogens (tertiary/aromatic N) is 13. The summed E-state index contributed by atoms with van der Waals surface area (Å²) in [5, 5.41) is 11.8. The molecule has 61 nitrogen and oxygen atoms in total. The molecule has 6 aliphatic heterocycles. The number of imidazole rings is 2. The molecule has 10 unspecified atom stereocenters. The molecule has 8 aromatic heterocycles. The predicted octanol–water partition coefficient (Wildman–Crippen LogP) is -4.39. The van der Waals surface area contributed by atoms with Crippen molar-refractivity contribution in [3.63, 3.8) is 0 Å². The smallest absolute Gasteiger partial charge is 0.351 e. The summed E-state index contributed by atoms with van der Waals surface area (Å²) < 4.78 is 207. The van der Waals surface area contributed by atoms with Crippen LogP contribution in [0.5, 0.6) is 0 Å². The molecule has 6 aliphatic rings. The molecule has 0 saturated carbocycles. The fraction of sp³-hybridized carbons (Fsp3) is 0.658. The van der Waals surface area contributed by atoms with Crippen LogP contribution in [0, 0.1) is 27.7 Å². The molecule has 14 rings (SSSR count). The molecule has 0 spiro atoms. The zero-order chi connectivity index (χ0) is 105. The molecule has 0 aliphatic carbocycles. The summed E-state index contributed by atoms with van der Waals surface area (Å²) in [6.07, 6.45) is -30.8. The van der Waals surface area contributed by atoms with Crippen LogP contribution in [0.4, 0.5) is 23.4 Å². The van der Waals surface area contributed by atoms with Crippen molar-refractivity contribution in [2.45, 2.75) is 189 Å². The Bertz CT molecular complexity index is 6570. The van der Waals surface area contributed by atoms with Gasteiger partial charge in [-0.2, -0.15) is 15.0 Å². The molecule has 145 heavy (non-hydrogen) atoms. The van der Waals surface area contributed by atoms with E-state index < -0.39 is 275 Å². The van der Waals surface area contributed by atoms with Crippen molar-refractivity contribution >= 4 is 117 Å². The zero-order valence-electron chi connectivity index (χ0n) is 78.7. The summed E-state index contributed by atoms with van der Waals surface area (Å²) in [6, 6.07) is 0. The van der Waals surface area contributed by atoms with Gasteiger partial charge in [-0.15, -0.1) is 0 Å². The highest BCUT2D eigenvalue weighted by atomic mass is 32.7. The van der Waals surface area contributed by atoms with Crippen molar-refractivity contribution in [1.82, 2.24) is 77.2 Å². The molecular formula is C76H106N20O41P5S3-5. The molecule has 6 fully saturated rings. The minimum absolute atomic E-state index is 0.0105. The van der Waals surface area contributed by atoms with Crippen LogP contribution < -0.4 is 81.9 Å². The van der Waals surface area contributed by atoms with E-state index in [9.17, 15) is 48.5 Å². The van der Waals surface area contributed by atoms with E-state index in [-0.39, 0.29) is 110 Å². The molecule has 14 heterocycles. The van der Waals surface area contributed by atoms with Crippen LogP contribution in [-0.2, 0) is 171 Å². The predicted molar refractivity (Wildman–Crippen MR) is 495 cm³/mol. The number of nitrogens with one attached hydrogen (secondary N) is 3. The molecule has 0 aromatic carbocycles. The molecule has 0 bridgehead atoms. The average molecular weight is 2210 g/mol.